The van der Waals surface area contributed by atoms with E-state index in [9.17, 15) is 13.6 Å². The molecule has 3 aromatic carbocycles. The largest absolute Gasteiger partial charge is 0.322 e. The third-order valence-electron chi connectivity index (χ3n) is 3.75. The van der Waals surface area contributed by atoms with Crippen molar-refractivity contribution in [3.05, 3.63) is 89.5 Å². The fourth-order valence-electron chi connectivity index (χ4n) is 2.38. The maximum atomic E-state index is 14.3. The molecule has 0 heterocycles. The summed E-state index contributed by atoms with van der Waals surface area (Å²) in [5.41, 5.74) is 2.23. The van der Waals surface area contributed by atoms with Gasteiger partial charge in [-0.05, 0) is 47.9 Å². The monoisotopic (exact) mass is 323 g/mol. The first-order chi connectivity index (χ1) is 11.5. The molecule has 1 N–H and O–H groups in total. The van der Waals surface area contributed by atoms with Crippen molar-refractivity contribution in [3.63, 3.8) is 0 Å². The molecule has 0 aliphatic carbocycles. The predicted molar refractivity (Wildman–Crippen MR) is 90.9 cm³/mol. The smallest absolute Gasteiger partial charge is 0.258 e. The van der Waals surface area contributed by atoms with Crippen LogP contribution in [0.5, 0.6) is 0 Å². The summed E-state index contributed by atoms with van der Waals surface area (Å²) in [5, 5.41) is 2.51. The number of carbonyl (C=O) groups is 1. The molecule has 0 saturated heterocycles. The Morgan fingerprint density at radius 1 is 0.833 bits per heavy atom. The number of hydrogen-bond acceptors (Lipinski definition) is 1. The van der Waals surface area contributed by atoms with Crippen molar-refractivity contribution in [2.24, 2.45) is 0 Å². The Hall–Kier alpha value is -3.01. The number of nitrogens with one attached hydrogen (secondary N) is 1. The molecule has 120 valence electrons. The van der Waals surface area contributed by atoms with E-state index in [1.165, 1.54) is 18.2 Å². The van der Waals surface area contributed by atoms with Crippen LogP contribution in [0.3, 0.4) is 0 Å². The van der Waals surface area contributed by atoms with Gasteiger partial charge < -0.3 is 5.32 Å². The molecule has 1 amide bonds. The predicted octanol–water partition coefficient (Wildman–Crippen LogP) is 5.19. The van der Waals surface area contributed by atoms with E-state index in [0.717, 1.165) is 5.56 Å². The molecule has 3 aromatic rings. The fourth-order valence-corrected chi connectivity index (χ4v) is 2.38. The minimum atomic E-state index is -0.624. The van der Waals surface area contributed by atoms with Crippen LogP contribution in [0.4, 0.5) is 14.5 Å². The van der Waals surface area contributed by atoms with E-state index in [1.54, 1.807) is 25.1 Å². The molecule has 0 aliphatic heterocycles. The van der Waals surface area contributed by atoms with Crippen molar-refractivity contribution in [1.29, 1.82) is 0 Å². The summed E-state index contributed by atoms with van der Waals surface area (Å²) in [7, 11) is 0. The van der Waals surface area contributed by atoms with Crippen molar-refractivity contribution in [1.82, 2.24) is 0 Å². The van der Waals surface area contributed by atoms with E-state index in [1.807, 2.05) is 30.3 Å². The van der Waals surface area contributed by atoms with Gasteiger partial charge in [-0.15, -0.1) is 0 Å². The average molecular weight is 323 g/mol. The van der Waals surface area contributed by atoms with Crippen LogP contribution in [0.2, 0.25) is 0 Å². The lowest BCUT2D eigenvalue weighted by atomic mass is 10.0. The number of anilines is 1. The van der Waals surface area contributed by atoms with E-state index in [-0.39, 0.29) is 11.3 Å². The van der Waals surface area contributed by atoms with Gasteiger partial charge in [0, 0.05) is 5.69 Å². The second-order valence-electron chi connectivity index (χ2n) is 5.48. The van der Waals surface area contributed by atoms with Crippen LogP contribution < -0.4 is 5.32 Å². The van der Waals surface area contributed by atoms with Gasteiger partial charge in [-0.2, -0.15) is 0 Å². The van der Waals surface area contributed by atoms with Gasteiger partial charge in [-0.3, -0.25) is 4.79 Å². The van der Waals surface area contributed by atoms with Crippen LogP contribution >= 0.6 is 0 Å². The minimum absolute atomic E-state index is 0.0873. The first kappa shape index (κ1) is 15.9. The Labute approximate surface area is 138 Å². The topological polar surface area (TPSA) is 29.1 Å². The van der Waals surface area contributed by atoms with E-state index >= 15 is 0 Å². The van der Waals surface area contributed by atoms with Gasteiger partial charge in [0.2, 0.25) is 0 Å². The van der Waals surface area contributed by atoms with E-state index in [4.69, 9.17) is 0 Å². The zero-order valence-electron chi connectivity index (χ0n) is 13.0. The standard InChI is InChI=1S/C20H15F2NO/c1-13-7-9-16(12-18(13)21)23-20(24)17-10-8-15(11-19(17)22)14-5-3-2-4-6-14/h2-12H,1H3,(H,23,24). The Kier molecular flexibility index (Phi) is 4.38. The lowest BCUT2D eigenvalue weighted by molar-refractivity contribution is 0.102. The van der Waals surface area contributed by atoms with Gasteiger partial charge in [0.25, 0.3) is 5.91 Å². The van der Waals surface area contributed by atoms with Crippen molar-refractivity contribution in [2.45, 2.75) is 6.92 Å². The molecule has 0 bridgehead atoms. The van der Waals surface area contributed by atoms with Crippen molar-refractivity contribution in [3.8, 4) is 11.1 Å². The molecule has 4 heteroatoms. The maximum Gasteiger partial charge on any atom is 0.258 e. The van der Waals surface area contributed by atoms with E-state index in [0.29, 0.717) is 11.1 Å². The van der Waals surface area contributed by atoms with Gasteiger partial charge in [0.1, 0.15) is 11.6 Å². The van der Waals surface area contributed by atoms with Crippen LogP contribution in [0.25, 0.3) is 11.1 Å². The molecule has 0 atom stereocenters. The quantitative estimate of drug-likeness (QED) is 0.706. The Morgan fingerprint density at radius 2 is 1.58 bits per heavy atom. The van der Waals surface area contributed by atoms with E-state index in [2.05, 4.69) is 5.32 Å². The highest BCUT2D eigenvalue weighted by molar-refractivity contribution is 6.04. The fraction of sp³-hybridized carbons (Fsp3) is 0.0500. The molecule has 0 fully saturated rings. The highest BCUT2D eigenvalue weighted by atomic mass is 19.1. The molecule has 0 saturated carbocycles. The molecule has 0 aromatic heterocycles. The zero-order chi connectivity index (χ0) is 17.1. The Morgan fingerprint density at radius 3 is 2.25 bits per heavy atom. The molecule has 24 heavy (non-hydrogen) atoms. The maximum absolute atomic E-state index is 14.3. The number of hydrogen-bond donors (Lipinski definition) is 1. The van der Waals surface area contributed by atoms with Crippen LogP contribution in [0.15, 0.2) is 66.7 Å². The van der Waals surface area contributed by atoms with Crippen LogP contribution in [0.1, 0.15) is 15.9 Å². The average Bonchev–Trinajstić information content (AvgIpc) is 2.59. The number of halogens is 2. The first-order valence-electron chi connectivity index (χ1n) is 7.47. The lowest BCUT2D eigenvalue weighted by Gasteiger charge is -2.09. The van der Waals surface area contributed by atoms with Gasteiger partial charge in [-0.25, -0.2) is 8.78 Å². The number of carbonyl (C=O) groups excluding carboxylic acids is 1. The van der Waals surface area contributed by atoms with Crippen molar-refractivity contribution >= 4 is 11.6 Å². The molecular formula is C20H15F2NO. The van der Waals surface area contributed by atoms with Crippen LogP contribution in [-0.2, 0) is 0 Å². The molecule has 0 unspecified atom stereocenters. The van der Waals surface area contributed by atoms with Gasteiger partial charge in [0.15, 0.2) is 0 Å². The van der Waals surface area contributed by atoms with Gasteiger partial charge in [0.05, 0.1) is 5.56 Å². The summed E-state index contributed by atoms with van der Waals surface area (Å²) < 4.78 is 27.8. The van der Waals surface area contributed by atoms with Crippen molar-refractivity contribution in [2.75, 3.05) is 5.32 Å². The summed E-state index contributed by atoms with van der Waals surface area (Å²) in [5.74, 6) is -1.66. The molecule has 0 spiro atoms. The number of rotatable bonds is 3. The summed E-state index contributed by atoms with van der Waals surface area (Å²) in [6, 6.07) is 18.1. The number of aryl methyl sites for hydroxylation is 1. The highest BCUT2D eigenvalue weighted by Gasteiger charge is 2.13. The second kappa shape index (κ2) is 6.62. The molecule has 2 nitrogen and oxygen atoms in total. The number of amides is 1. The zero-order valence-corrected chi connectivity index (χ0v) is 13.0. The minimum Gasteiger partial charge on any atom is -0.322 e. The Bertz CT molecular complexity index is 891. The first-order valence-corrected chi connectivity index (χ1v) is 7.47. The summed E-state index contributed by atoms with van der Waals surface area (Å²) in [6.45, 7) is 1.63. The highest BCUT2D eigenvalue weighted by Crippen LogP contribution is 2.22. The third kappa shape index (κ3) is 3.33. The second-order valence-corrected chi connectivity index (χ2v) is 5.48. The molecule has 3 rings (SSSR count). The Balaban J connectivity index is 1.84. The SMILES string of the molecule is Cc1ccc(NC(=O)c2ccc(-c3ccccc3)cc2F)cc1F. The molecule has 0 radical (unpaired) electrons. The van der Waals surface area contributed by atoms with Gasteiger partial charge >= 0.3 is 0 Å². The van der Waals surface area contributed by atoms with Crippen LogP contribution in [0, 0.1) is 18.6 Å². The third-order valence-corrected chi connectivity index (χ3v) is 3.75. The lowest BCUT2D eigenvalue weighted by Crippen LogP contribution is -2.14. The van der Waals surface area contributed by atoms with Gasteiger partial charge in [-0.1, -0.05) is 42.5 Å². The summed E-state index contributed by atoms with van der Waals surface area (Å²) in [6.07, 6.45) is 0. The van der Waals surface area contributed by atoms with Crippen LogP contribution in [-0.4, -0.2) is 5.91 Å². The van der Waals surface area contributed by atoms with E-state index < -0.39 is 17.5 Å². The number of benzene rings is 3. The summed E-state index contributed by atoms with van der Waals surface area (Å²) >= 11 is 0. The normalized spacial score (nSPS) is 10.5. The molecular weight excluding hydrogens is 308 g/mol. The molecule has 0 aliphatic rings. The summed E-state index contributed by atoms with van der Waals surface area (Å²) in [4.78, 5) is 12.2. The van der Waals surface area contributed by atoms with Crippen molar-refractivity contribution < 1.29 is 13.6 Å².